The molecule has 3 aromatic rings. The van der Waals surface area contributed by atoms with Crippen LogP contribution in [0.25, 0.3) is 5.69 Å². The summed E-state index contributed by atoms with van der Waals surface area (Å²) >= 11 is 0. The Hall–Kier alpha value is -3.68. The highest BCUT2D eigenvalue weighted by molar-refractivity contribution is 5.92. The molecule has 1 amide bonds. The minimum absolute atomic E-state index is 0.0786. The Morgan fingerprint density at radius 2 is 1.83 bits per heavy atom. The lowest BCUT2D eigenvalue weighted by Crippen LogP contribution is -2.31. The van der Waals surface area contributed by atoms with E-state index >= 15 is 0 Å². The molecule has 0 spiro atoms. The molecule has 0 aliphatic carbocycles. The molecule has 0 saturated carbocycles. The largest absolute Gasteiger partial charge is 0.486 e. The van der Waals surface area contributed by atoms with Gasteiger partial charge in [0.1, 0.15) is 24.7 Å². The predicted molar refractivity (Wildman–Crippen MR) is 108 cm³/mol. The molecule has 1 aromatic heterocycles. The molecule has 1 aliphatic rings. The van der Waals surface area contributed by atoms with Gasteiger partial charge in [-0.1, -0.05) is 13.0 Å². The zero-order valence-electron chi connectivity index (χ0n) is 16.3. The van der Waals surface area contributed by atoms with Crippen molar-refractivity contribution in [3.05, 3.63) is 82.0 Å². The van der Waals surface area contributed by atoms with Crippen LogP contribution in [-0.4, -0.2) is 28.9 Å². The molecule has 2 heterocycles. The fourth-order valence-corrected chi connectivity index (χ4v) is 3.23. The first-order valence-electron chi connectivity index (χ1n) is 9.62. The van der Waals surface area contributed by atoms with Gasteiger partial charge in [-0.2, -0.15) is 9.78 Å². The highest BCUT2D eigenvalue weighted by Crippen LogP contribution is 2.33. The van der Waals surface area contributed by atoms with E-state index in [1.54, 1.807) is 0 Å². The molecule has 7 nitrogen and oxygen atoms in total. The lowest BCUT2D eigenvalue weighted by molar-refractivity contribution is 0.0928. The molecule has 2 aromatic carbocycles. The van der Waals surface area contributed by atoms with E-state index in [9.17, 15) is 14.0 Å². The number of hydrogen-bond donors (Lipinski definition) is 1. The second kappa shape index (κ2) is 8.36. The van der Waals surface area contributed by atoms with Crippen LogP contribution in [0.5, 0.6) is 11.5 Å². The number of benzene rings is 2. The zero-order chi connectivity index (χ0) is 21.1. The van der Waals surface area contributed by atoms with E-state index < -0.39 is 17.3 Å². The maximum Gasteiger partial charge on any atom is 0.272 e. The van der Waals surface area contributed by atoms with Gasteiger partial charge in [0.25, 0.3) is 11.5 Å². The van der Waals surface area contributed by atoms with Crippen molar-refractivity contribution in [3.63, 3.8) is 0 Å². The third-order valence-electron chi connectivity index (χ3n) is 4.79. The van der Waals surface area contributed by atoms with Crippen molar-refractivity contribution < 1.29 is 18.7 Å². The minimum atomic E-state index is -0.425. The van der Waals surface area contributed by atoms with Gasteiger partial charge >= 0.3 is 0 Å². The van der Waals surface area contributed by atoms with Crippen LogP contribution >= 0.6 is 0 Å². The Balaban J connectivity index is 1.57. The van der Waals surface area contributed by atoms with Crippen LogP contribution < -0.4 is 20.3 Å². The standard InChI is InChI=1S/C22H20FN3O4/c1-2-17(14-3-9-19-20(13-14)30-12-11-29-19)24-22(28)18-8-10-21(27)26(25-18)16-6-4-15(23)5-7-16/h3-10,13,17H,2,11-12H2,1H3,(H,24,28). The Kier molecular flexibility index (Phi) is 5.47. The van der Waals surface area contributed by atoms with Gasteiger partial charge < -0.3 is 14.8 Å². The second-order valence-corrected chi connectivity index (χ2v) is 6.78. The van der Waals surface area contributed by atoms with E-state index in [0.29, 0.717) is 36.8 Å². The van der Waals surface area contributed by atoms with Crippen LogP contribution in [0.2, 0.25) is 0 Å². The van der Waals surface area contributed by atoms with Gasteiger partial charge in [-0.25, -0.2) is 4.39 Å². The maximum absolute atomic E-state index is 13.2. The fourth-order valence-electron chi connectivity index (χ4n) is 3.23. The van der Waals surface area contributed by atoms with Gasteiger partial charge in [-0.15, -0.1) is 0 Å². The number of rotatable bonds is 5. The first-order chi connectivity index (χ1) is 14.5. The van der Waals surface area contributed by atoms with Crippen molar-refractivity contribution in [1.29, 1.82) is 0 Å². The summed E-state index contributed by atoms with van der Waals surface area (Å²) in [6, 6.07) is 13.2. The molecule has 0 radical (unpaired) electrons. The molecule has 30 heavy (non-hydrogen) atoms. The first kappa shape index (κ1) is 19.6. The van der Waals surface area contributed by atoms with Crippen LogP contribution in [0.1, 0.15) is 35.4 Å². The molecule has 0 fully saturated rings. The normalized spacial score (nSPS) is 13.5. The lowest BCUT2D eigenvalue weighted by atomic mass is 10.0. The predicted octanol–water partition coefficient (Wildman–Crippen LogP) is 3.02. The highest BCUT2D eigenvalue weighted by atomic mass is 19.1. The van der Waals surface area contributed by atoms with Gasteiger partial charge in [0, 0.05) is 6.07 Å². The van der Waals surface area contributed by atoms with Crippen LogP contribution in [0.4, 0.5) is 4.39 Å². The lowest BCUT2D eigenvalue weighted by Gasteiger charge is -2.22. The Bertz CT molecular complexity index is 1130. The van der Waals surface area contributed by atoms with Crippen molar-refractivity contribution in [1.82, 2.24) is 15.1 Å². The summed E-state index contributed by atoms with van der Waals surface area (Å²) in [6.07, 6.45) is 0.642. The summed E-state index contributed by atoms with van der Waals surface area (Å²) in [5, 5.41) is 7.09. The molecule has 4 rings (SSSR count). The number of hydrogen-bond acceptors (Lipinski definition) is 5. The van der Waals surface area contributed by atoms with Gasteiger partial charge in [0.15, 0.2) is 11.5 Å². The maximum atomic E-state index is 13.2. The number of carbonyl (C=O) groups excluding carboxylic acids is 1. The monoisotopic (exact) mass is 409 g/mol. The van der Waals surface area contributed by atoms with Gasteiger partial charge in [0.05, 0.1) is 11.7 Å². The van der Waals surface area contributed by atoms with E-state index in [2.05, 4.69) is 10.4 Å². The molecule has 8 heteroatoms. The number of fused-ring (bicyclic) bond motifs is 1. The number of nitrogens with zero attached hydrogens (tertiary/aromatic N) is 2. The van der Waals surface area contributed by atoms with E-state index in [1.807, 2.05) is 25.1 Å². The summed E-state index contributed by atoms with van der Waals surface area (Å²) < 4.78 is 25.4. The van der Waals surface area contributed by atoms with Crippen LogP contribution in [0.3, 0.4) is 0 Å². The molecule has 1 N–H and O–H groups in total. The molecule has 154 valence electrons. The quantitative estimate of drug-likeness (QED) is 0.701. The molecule has 1 unspecified atom stereocenters. The third kappa shape index (κ3) is 4.03. The summed E-state index contributed by atoms with van der Waals surface area (Å²) in [5.74, 6) is 0.479. The average molecular weight is 409 g/mol. The van der Waals surface area contributed by atoms with E-state index in [1.165, 1.54) is 36.4 Å². The number of aromatic nitrogens is 2. The summed E-state index contributed by atoms with van der Waals surface area (Å²) in [5.41, 5.74) is 0.906. The van der Waals surface area contributed by atoms with E-state index in [0.717, 1.165) is 10.2 Å². The number of amides is 1. The molecule has 0 bridgehead atoms. The van der Waals surface area contributed by atoms with E-state index in [-0.39, 0.29) is 11.7 Å². The van der Waals surface area contributed by atoms with Gasteiger partial charge in [-0.05, 0) is 54.4 Å². The Morgan fingerprint density at radius 1 is 1.10 bits per heavy atom. The van der Waals surface area contributed by atoms with Gasteiger partial charge in [0.2, 0.25) is 0 Å². The topological polar surface area (TPSA) is 82.5 Å². The fraction of sp³-hybridized carbons (Fsp3) is 0.227. The summed E-state index contributed by atoms with van der Waals surface area (Å²) in [4.78, 5) is 25.0. The minimum Gasteiger partial charge on any atom is -0.486 e. The highest BCUT2D eigenvalue weighted by Gasteiger charge is 2.19. The molecular formula is C22H20FN3O4. The van der Waals surface area contributed by atoms with Crippen LogP contribution in [-0.2, 0) is 0 Å². The average Bonchev–Trinajstić information content (AvgIpc) is 2.78. The zero-order valence-corrected chi connectivity index (χ0v) is 16.3. The molecular weight excluding hydrogens is 389 g/mol. The smallest absolute Gasteiger partial charge is 0.272 e. The van der Waals surface area contributed by atoms with Crippen LogP contribution in [0.15, 0.2) is 59.4 Å². The summed E-state index contributed by atoms with van der Waals surface area (Å²) in [6.45, 7) is 2.94. The third-order valence-corrected chi connectivity index (χ3v) is 4.79. The number of ether oxygens (including phenoxy) is 2. The number of halogens is 1. The Labute approximate surface area is 172 Å². The SMILES string of the molecule is CCC(NC(=O)c1ccc(=O)n(-c2ccc(F)cc2)n1)c1ccc2c(c1)OCCO2. The molecule has 1 aliphatic heterocycles. The van der Waals surface area contributed by atoms with Crippen molar-refractivity contribution in [2.24, 2.45) is 0 Å². The molecule has 1 atom stereocenters. The van der Waals surface area contributed by atoms with Gasteiger partial charge in [-0.3, -0.25) is 9.59 Å². The number of nitrogens with one attached hydrogen (secondary N) is 1. The van der Waals surface area contributed by atoms with Crippen LogP contribution in [0, 0.1) is 5.82 Å². The number of carbonyl (C=O) groups is 1. The Morgan fingerprint density at radius 3 is 2.57 bits per heavy atom. The van der Waals surface area contributed by atoms with Crippen molar-refractivity contribution in [3.8, 4) is 17.2 Å². The summed E-state index contributed by atoms with van der Waals surface area (Å²) in [7, 11) is 0. The molecule has 0 saturated heterocycles. The first-order valence-corrected chi connectivity index (χ1v) is 9.62. The van der Waals surface area contributed by atoms with Crippen molar-refractivity contribution in [2.45, 2.75) is 19.4 Å². The van der Waals surface area contributed by atoms with Crippen molar-refractivity contribution in [2.75, 3.05) is 13.2 Å². The van der Waals surface area contributed by atoms with E-state index in [4.69, 9.17) is 9.47 Å². The van der Waals surface area contributed by atoms with Crippen molar-refractivity contribution >= 4 is 5.91 Å². The second-order valence-electron chi connectivity index (χ2n) is 6.78.